The minimum atomic E-state index is -2.75. The molecule has 0 aromatic carbocycles. The van der Waals surface area contributed by atoms with Gasteiger partial charge in [-0.25, -0.2) is 17.9 Å². The van der Waals surface area contributed by atoms with Crippen LogP contribution in [0.2, 0.25) is 0 Å². The quantitative estimate of drug-likeness (QED) is 0.887. The lowest BCUT2D eigenvalue weighted by Crippen LogP contribution is -2.51. The van der Waals surface area contributed by atoms with Crippen molar-refractivity contribution in [2.24, 2.45) is 0 Å². The Morgan fingerprint density at radius 3 is 2.72 bits per heavy atom. The van der Waals surface area contributed by atoms with Crippen LogP contribution in [-0.4, -0.2) is 48.3 Å². The first-order valence-electron chi connectivity index (χ1n) is 8.04. The van der Waals surface area contributed by atoms with E-state index >= 15 is 0 Å². The third-order valence-corrected chi connectivity index (χ3v) is 4.57. The molecule has 0 spiro atoms. The van der Waals surface area contributed by atoms with Crippen molar-refractivity contribution in [1.29, 1.82) is 0 Å². The summed E-state index contributed by atoms with van der Waals surface area (Å²) in [6, 6.07) is 0.461. The van der Waals surface area contributed by atoms with Crippen LogP contribution in [0.25, 0.3) is 11.4 Å². The summed E-state index contributed by atoms with van der Waals surface area (Å²) >= 11 is 0. The molecule has 2 saturated carbocycles. The van der Waals surface area contributed by atoms with E-state index in [0.29, 0.717) is 24.2 Å². The van der Waals surface area contributed by atoms with E-state index in [9.17, 15) is 18.0 Å². The first-order chi connectivity index (χ1) is 11.7. The molecule has 1 N–H and O–H groups in total. The van der Waals surface area contributed by atoms with Crippen LogP contribution >= 0.6 is 0 Å². The smallest absolute Gasteiger partial charge is 0.272 e. The molecule has 2 aliphatic rings. The maximum atomic E-state index is 13.4. The van der Waals surface area contributed by atoms with E-state index in [1.807, 2.05) is 0 Å². The minimum absolute atomic E-state index is 0.0692. The van der Waals surface area contributed by atoms with Gasteiger partial charge in [-0.1, -0.05) is 5.21 Å². The van der Waals surface area contributed by atoms with Gasteiger partial charge in [0.05, 0.1) is 11.9 Å². The summed E-state index contributed by atoms with van der Waals surface area (Å²) in [7, 11) is 0. The van der Waals surface area contributed by atoms with Crippen LogP contribution in [0.5, 0.6) is 0 Å². The normalized spacial score (nSPS) is 29.9. The van der Waals surface area contributed by atoms with Crippen molar-refractivity contribution in [3.63, 3.8) is 0 Å². The summed E-state index contributed by atoms with van der Waals surface area (Å²) < 4.78 is 42.5. The Bertz CT molecular complexity index is 806. The van der Waals surface area contributed by atoms with Crippen molar-refractivity contribution in [3.8, 4) is 11.4 Å². The van der Waals surface area contributed by atoms with Gasteiger partial charge in [0, 0.05) is 31.5 Å². The number of halogens is 3. The first kappa shape index (κ1) is 16.1. The monoisotopic (exact) mass is 354 g/mol. The Kier molecular flexibility index (Phi) is 3.41. The number of nitrogens with zero attached hydrogens (tertiary/aromatic N) is 5. The van der Waals surface area contributed by atoms with E-state index in [1.54, 1.807) is 6.07 Å². The number of rotatable bonds is 5. The van der Waals surface area contributed by atoms with Crippen LogP contribution in [0.3, 0.4) is 0 Å². The molecule has 2 aliphatic carbocycles. The third-order valence-electron chi connectivity index (χ3n) is 4.57. The summed E-state index contributed by atoms with van der Waals surface area (Å²) in [5.74, 6) is -3.04. The number of alkyl halides is 3. The maximum Gasteiger partial charge on any atom is 0.272 e. The average Bonchev–Trinajstić information content (AvgIpc) is 2.88. The highest BCUT2D eigenvalue weighted by atomic mass is 19.3. The van der Waals surface area contributed by atoms with E-state index in [2.05, 4.69) is 20.7 Å². The zero-order valence-electron chi connectivity index (χ0n) is 13.5. The summed E-state index contributed by atoms with van der Waals surface area (Å²) in [6.45, 7) is 1.44. The molecule has 7 nitrogen and oxygen atoms in total. The third kappa shape index (κ3) is 3.12. The molecular weight excluding hydrogens is 337 g/mol. The van der Waals surface area contributed by atoms with E-state index in [0.717, 1.165) is 0 Å². The highest BCUT2D eigenvalue weighted by Gasteiger charge is 2.59. The van der Waals surface area contributed by atoms with E-state index in [-0.39, 0.29) is 24.9 Å². The van der Waals surface area contributed by atoms with Crippen molar-refractivity contribution in [2.45, 2.75) is 56.4 Å². The van der Waals surface area contributed by atoms with Gasteiger partial charge in [-0.05, 0) is 13.0 Å². The molecule has 0 bridgehead atoms. The number of aromatic nitrogens is 5. The van der Waals surface area contributed by atoms with Crippen LogP contribution in [0, 0.1) is 0 Å². The van der Waals surface area contributed by atoms with Gasteiger partial charge in [0.1, 0.15) is 23.9 Å². The van der Waals surface area contributed by atoms with Crippen molar-refractivity contribution in [1.82, 2.24) is 30.1 Å². The van der Waals surface area contributed by atoms with E-state index in [1.165, 1.54) is 28.7 Å². The predicted octanol–water partition coefficient (Wildman–Crippen LogP) is 1.73. The second kappa shape index (κ2) is 5.30. The molecule has 4 rings (SSSR count). The Morgan fingerprint density at radius 2 is 2.08 bits per heavy atom. The molecule has 1 atom stereocenters. The molecule has 0 radical (unpaired) electrons. The molecule has 134 valence electrons. The van der Waals surface area contributed by atoms with Crippen molar-refractivity contribution in [2.75, 3.05) is 0 Å². The van der Waals surface area contributed by atoms with Gasteiger partial charge in [-0.3, -0.25) is 9.48 Å². The van der Waals surface area contributed by atoms with Gasteiger partial charge in [0.2, 0.25) is 5.91 Å². The molecule has 1 unspecified atom stereocenters. The summed E-state index contributed by atoms with van der Waals surface area (Å²) in [5, 5.41) is 14.5. The Morgan fingerprint density at radius 1 is 1.36 bits per heavy atom. The maximum absolute atomic E-state index is 13.4. The lowest BCUT2D eigenvalue weighted by molar-refractivity contribution is -0.124. The lowest BCUT2D eigenvalue weighted by Gasteiger charge is -2.38. The van der Waals surface area contributed by atoms with Crippen LogP contribution in [0.15, 0.2) is 18.5 Å². The van der Waals surface area contributed by atoms with Crippen LogP contribution in [0.1, 0.15) is 32.2 Å². The number of nitrogens with one attached hydrogen (secondary N) is 1. The van der Waals surface area contributed by atoms with Crippen LogP contribution < -0.4 is 5.32 Å². The van der Waals surface area contributed by atoms with Crippen molar-refractivity contribution < 1.29 is 18.0 Å². The first-order valence-corrected chi connectivity index (χ1v) is 8.04. The van der Waals surface area contributed by atoms with Crippen molar-refractivity contribution >= 4 is 5.91 Å². The van der Waals surface area contributed by atoms with E-state index in [4.69, 9.17) is 0 Å². The Hall–Kier alpha value is -2.39. The summed E-state index contributed by atoms with van der Waals surface area (Å²) in [6.07, 6.45) is 3.30. The SMILES string of the molecule is CC1(F)CC(NC(=O)Cn2cc(-c3ccnn3C3CC3(F)F)nn2)C1. The molecule has 2 heterocycles. The zero-order valence-corrected chi connectivity index (χ0v) is 13.5. The molecule has 25 heavy (non-hydrogen) atoms. The summed E-state index contributed by atoms with van der Waals surface area (Å²) in [4.78, 5) is 12.0. The second-order valence-electron chi connectivity index (χ2n) is 7.03. The lowest BCUT2D eigenvalue weighted by atomic mass is 9.79. The predicted molar refractivity (Wildman–Crippen MR) is 80.5 cm³/mol. The van der Waals surface area contributed by atoms with Gasteiger partial charge in [-0.15, -0.1) is 5.10 Å². The fourth-order valence-corrected chi connectivity index (χ4v) is 3.21. The molecule has 2 fully saturated rings. The Labute approximate surface area is 141 Å². The minimum Gasteiger partial charge on any atom is -0.352 e. The molecular formula is C15H17F3N6O. The van der Waals surface area contributed by atoms with Crippen LogP contribution in [-0.2, 0) is 11.3 Å². The van der Waals surface area contributed by atoms with E-state index < -0.39 is 17.6 Å². The largest absolute Gasteiger partial charge is 0.352 e. The Balaban J connectivity index is 1.40. The number of carbonyl (C=O) groups excluding carboxylic acids is 1. The molecule has 2 aromatic heterocycles. The standard InChI is InChI=1S/C15H17F3N6O/c1-14(16)4-9(5-14)20-13(25)8-23-7-10(21-22-23)11-2-3-19-24(11)12-6-15(12,17)18/h2-3,7,9,12H,4-6,8H2,1H3,(H,20,25). The van der Waals surface area contributed by atoms with Gasteiger partial charge >= 0.3 is 0 Å². The summed E-state index contributed by atoms with van der Waals surface area (Å²) in [5.41, 5.74) is -0.407. The number of hydrogen-bond donors (Lipinski definition) is 1. The topological polar surface area (TPSA) is 77.6 Å². The fourth-order valence-electron chi connectivity index (χ4n) is 3.21. The number of hydrogen-bond acceptors (Lipinski definition) is 4. The van der Waals surface area contributed by atoms with Gasteiger partial charge in [0.15, 0.2) is 0 Å². The number of amides is 1. The average molecular weight is 354 g/mol. The molecule has 0 aliphatic heterocycles. The molecule has 2 aromatic rings. The highest BCUT2D eigenvalue weighted by molar-refractivity contribution is 5.76. The van der Waals surface area contributed by atoms with Crippen molar-refractivity contribution in [3.05, 3.63) is 18.5 Å². The number of carbonyl (C=O) groups is 1. The van der Waals surface area contributed by atoms with Gasteiger partial charge < -0.3 is 5.32 Å². The van der Waals surface area contributed by atoms with Gasteiger partial charge in [-0.2, -0.15) is 5.10 Å². The fraction of sp³-hybridized carbons (Fsp3) is 0.600. The molecule has 10 heteroatoms. The second-order valence-corrected chi connectivity index (χ2v) is 7.03. The van der Waals surface area contributed by atoms with Gasteiger partial charge in [0.25, 0.3) is 5.92 Å². The van der Waals surface area contributed by atoms with Crippen LogP contribution in [0.4, 0.5) is 13.2 Å². The highest BCUT2D eigenvalue weighted by Crippen LogP contribution is 2.53. The molecule has 0 saturated heterocycles. The molecule has 1 amide bonds. The zero-order chi connectivity index (χ0) is 17.8.